The van der Waals surface area contributed by atoms with Gasteiger partial charge in [0, 0.05) is 0 Å². The summed E-state index contributed by atoms with van der Waals surface area (Å²) >= 11 is 0. The first-order chi connectivity index (χ1) is 4.68. The van der Waals surface area contributed by atoms with Crippen molar-refractivity contribution in [2.45, 2.75) is 32.9 Å². The first kappa shape index (κ1) is 9.92. The highest BCUT2D eigenvalue weighted by atomic mass is 16.5. The lowest BCUT2D eigenvalue weighted by atomic mass is 10.4. The lowest BCUT2D eigenvalue weighted by Crippen LogP contribution is -2.26. The summed E-state index contributed by atoms with van der Waals surface area (Å²) in [7, 11) is 4.01. The number of unbranched alkanes of at least 4 members (excludes halogenated alkanes) is 1. The summed E-state index contributed by atoms with van der Waals surface area (Å²) < 4.78 is 5.34. The molecule has 0 amide bonds. The van der Waals surface area contributed by atoms with E-state index in [4.69, 9.17) is 4.74 Å². The molecule has 10 heavy (non-hydrogen) atoms. The van der Waals surface area contributed by atoms with Gasteiger partial charge in [0.2, 0.25) is 0 Å². The van der Waals surface area contributed by atoms with E-state index < -0.39 is 0 Å². The Morgan fingerprint density at radius 3 is 2.50 bits per heavy atom. The van der Waals surface area contributed by atoms with Crippen LogP contribution in [0.2, 0.25) is 0 Å². The molecule has 0 aliphatic heterocycles. The van der Waals surface area contributed by atoms with Gasteiger partial charge < -0.3 is 4.74 Å². The third kappa shape index (κ3) is 4.77. The summed E-state index contributed by atoms with van der Waals surface area (Å²) in [6.07, 6.45) is 2.39. The molecular weight excluding hydrogens is 126 g/mol. The summed E-state index contributed by atoms with van der Waals surface area (Å²) in [5.41, 5.74) is 0. The standard InChI is InChI=1S/C8H18NO/c1-5-6-7-10-8(2)9(3)4/h7-8H,5-6H2,1-4H3. The first-order valence-corrected chi connectivity index (χ1v) is 3.82. The lowest BCUT2D eigenvalue weighted by molar-refractivity contribution is 0.0113. The Balaban J connectivity index is 3.13. The van der Waals surface area contributed by atoms with Crippen LogP contribution in [0.25, 0.3) is 0 Å². The fraction of sp³-hybridized carbons (Fsp3) is 0.875. The van der Waals surface area contributed by atoms with E-state index >= 15 is 0 Å². The fourth-order valence-corrected chi connectivity index (χ4v) is 0.447. The molecule has 2 nitrogen and oxygen atoms in total. The van der Waals surface area contributed by atoms with E-state index in [0.29, 0.717) is 0 Å². The maximum atomic E-state index is 5.34. The molecule has 0 aromatic carbocycles. The molecule has 0 aliphatic carbocycles. The Hall–Kier alpha value is -0.0800. The minimum atomic E-state index is 0.201. The third-order valence-electron chi connectivity index (χ3n) is 1.43. The van der Waals surface area contributed by atoms with Crippen LogP contribution in [0.3, 0.4) is 0 Å². The normalized spacial score (nSPS) is 14.1. The van der Waals surface area contributed by atoms with Crippen molar-refractivity contribution in [1.82, 2.24) is 4.90 Å². The molecular formula is C8H18NO. The predicted molar refractivity (Wildman–Crippen MR) is 43.4 cm³/mol. The topological polar surface area (TPSA) is 12.5 Å². The molecule has 0 heterocycles. The van der Waals surface area contributed by atoms with Crippen molar-refractivity contribution < 1.29 is 4.74 Å². The van der Waals surface area contributed by atoms with E-state index in [2.05, 4.69) is 6.92 Å². The van der Waals surface area contributed by atoms with Crippen molar-refractivity contribution in [2.75, 3.05) is 14.1 Å². The number of rotatable bonds is 5. The van der Waals surface area contributed by atoms with Crippen LogP contribution in [-0.4, -0.2) is 25.2 Å². The molecule has 0 spiro atoms. The minimum absolute atomic E-state index is 0.201. The molecule has 0 N–H and O–H groups in total. The molecule has 2 heteroatoms. The van der Waals surface area contributed by atoms with Gasteiger partial charge in [0.15, 0.2) is 0 Å². The van der Waals surface area contributed by atoms with Crippen molar-refractivity contribution in [3.05, 3.63) is 6.61 Å². The second-order valence-corrected chi connectivity index (χ2v) is 2.65. The molecule has 0 aromatic heterocycles. The monoisotopic (exact) mass is 144 g/mol. The summed E-state index contributed by atoms with van der Waals surface area (Å²) in [5, 5.41) is 0. The van der Waals surface area contributed by atoms with Crippen LogP contribution in [0.1, 0.15) is 26.7 Å². The molecule has 0 aliphatic rings. The van der Waals surface area contributed by atoms with Crippen LogP contribution in [0.15, 0.2) is 0 Å². The summed E-state index contributed by atoms with van der Waals surface area (Å²) in [4.78, 5) is 2.03. The van der Waals surface area contributed by atoms with E-state index in [1.54, 1.807) is 0 Å². The van der Waals surface area contributed by atoms with Crippen LogP contribution < -0.4 is 0 Å². The van der Waals surface area contributed by atoms with Crippen molar-refractivity contribution in [3.63, 3.8) is 0 Å². The van der Waals surface area contributed by atoms with Gasteiger partial charge in [-0.15, -0.1) is 0 Å². The van der Waals surface area contributed by atoms with Crippen LogP contribution in [0.4, 0.5) is 0 Å². The van der Waals surface area contributed by atoms with Crippen molar-refractivity contribution in [1.29, 1.82) is 0 Å². The smallest absolute Gasteiger partial charge is 0.107 e. The molecule has 1 atom stereocenters. The maximum absolute atomic E-state index is 5.34. The Morgan fingerprint density at radius 1 is 1.50 bits per heavy atom. The molecule has 0 rings (SSSR count). The predicted octanol–water partition coefficient (Wildman–Crippen LogP) is 1.87. The zero-order valence-electron chi connectivity index (χ0n) is 7.42. The highest BCUT2D eigenvalue weighted by molar-refractivity contribution is 4.52. The number of nitrogens with zero attached hydrogens (tertiary/aromatic N) is 1. The molecule has 1 unspecified atom stereocenters. The van der Waals surface area contributed by atoms with Gasteiger partial charge in [-0.3, -0.25) is 4.90 Å². The van der Waals surface area contributed by atoms with Crippen molar-refractivity contribution in [2.24, 2.45) is 0 Å². The first-order valence-electron chi connectivity index (χ1n) is 3.82. The van der Waals surface area contributed by atoms with Gasteiger partial charge in [0.05, 0.1) is 6.61 Å². The summed E-state index contributed by atoms with van der Waals surface area (Å²) in [6, 6.07) is 0. The zero-order chi connectivity index (χ0) is 7.98. The maximum Gasteiger partial charge on any atom is 0.107 e. The minimum Gasteiger partial charge on any atom is -0.358 e. The second kappa shape index (κ2) is 5.69. The number of hydrogen-bond donors (Lipinski definition) is 0. The largest absolute Gasteiger partial charge is 0.358 e. The lowest BCUT2D eigenvalue weighted by Gasteiger charge is -2.19. The van der Waals surface area contributed by atoms with Crippen LogP contribution in [-0.2, 0) is 4.74 Å². The van der Waals surface area contributed by atoms with Crippen LogP contribution in [0, 0.1) is 6.61 Å². The van der Waals surface area contributed by atoms with E-state index in [-0.39, 0.29) is 6.23 Å². The van der Waals surface area contributed by atoms with E-state index in [1.165, 1.54) is 0 Å². The van der Waals surface area contributed by atoms with Gasteiger partial charge in [0.1, 0.15) is 6.23 Å². The van der Waals surface area contributed by atoms with Gasteiger partial charge >= 0.3 is 0 Å². The highest BCUT2D eigenvalue weighted by Gasteiger charge is 2.02. The van der Waals surface area contributed by atoms with Gasteiger partial charge in [-0.1, -0.05) is 13.3 Å². The molecule has 0 saturated carbocycles. The molecule has 0 aromatic rings. The van der Waals surface area contributed by atoms with Gasteiger partial charge in [0.25, 0.3) is 0 Å². The van der Waals surface area contributed by atoms with Crippen molar-refractivity contribution >= 4 is 0 Å². The fourth-order valence-electron chi connectivity index (χ4n) is 0.447. The van der Waals surface area contributed by atoms with Crippen molar-refractivity contribution in [3.8, 4) is 0 Å². The SMILES string of the molecule is CCC[CH]OC(C)N(C)C. The van der Waals surface area contributed by atoms with Crippen LogP contribution in [0.5, 0.6) is 0 Å². The Labute approximate surface area is 64.2 Å². The van der Waals surface area contributed by atoms with Gasteiger partial charge in [-0.25, -0.2) is 0 Å². The second-order valence-electron chi connectivity index (χ2n) is 2.65. The summed E-state index contributed by atoms with van der Waals surface area (Å²) in [5.74, 6) is 0. The molecule has 0 fully saturated rings. The van der Waals surface area contributed by atoms with E-state index in [9.17, 15) is 0 Å². The van der Waals surface area contributed by atoms with Gasteiger partial charge in [-0.05, 0) is 27.4 Å². The Bertz CT molecular complexity index is 73.7. The Kier molecular flexibility index (Phi) is 5.64. The molecule has 61 valence electrons. The quantitative estimate of drug-likeness (QED) is 0.431. The third-order valence-corrected chi connectivity index (χ3v) is 1.43. The molecule has 1 radical (unpaired) electrons. The average molecular weight is 144 g/mol. The highest BCUT2D eigenvalue weighted by Crippen LogP contribution is 2.00. The Morgan fingerprint density at radius 2 is 2.10 bits per heavy atom. The van der Waals surface area contributed by atoms with E-state index in [0.717, 1.165) is 12.8 Å². The molecule has 0 bridgehead atoms. The number of hydrogen-bond acceptors (Lipinski definition) is 2. The molecule has 0 saturated heterocycles. The summed E-state index contributed by atoms with van der Waals surface area (Å²) in [6.45, 7) is 6.05. The van der Waals surface area contributed by atoms with Crippen LogP contribution >= 0.6 is 0 Å². The number of ether oxygens (including phenoxy) is 1. The van der Waals surface area contributed by atoms with E-state index in [1.807, 2.05) is 32.5 Å². The van der Waals surface area contributed by atoms with Gasteiger partial charge in [-0.2, -0.15) is 0 Å². The average Bonchev–Trinajstić information content (AvgIpc) is 1.88. The zero-order valence-corrected chi connectivity index (χ0v) is 7.42.